The number of hydrogen-bond acceptors (Lipinski definition) is 3. The van der Waals surface area contributed by atoms with Crippen molar-refractivity contribution < 1.29 is 14.4 Å². The van der Waals surface area contributed by atoms with Gasteiger partial charge in [0.1, 0.15) is 0 Å². The zero-order valence-corrected chi connectivity index (χ0v) is 10.6. The second-order valence-corrected chi connectivity index (χ2v) is 4.38. The highest BCUT2D eigenvalue weighted by atomic mass is 16.2. The maximum Gasteiger partial charge on any atom is 0.229 e. The molecule has 3 amide bonds. The average Bonchev–Trinajstić information content (AvgIpc) is 2.87. The van der Waals surface area contributed by atoms with Gasteiger partial charge in [0.2, 0.25) is 17.7 Å². The molecule has 0 saturated carbocycles. The van der Waals surface area contributed by atoms with Gasteiger partial charge in [-0.1, -0.05) is 0 Å². The first-order valence-electron chi connectivity index (χ1n) is 6.09. The summed E-state index contributed by atoms with van der Waals surface area (Å²) in [6, 6.07) is 0. The van der Waals surface area contributed by atoms with Crippen LogP contribution >= 0.6 is 0 Å². The Hall–Kier alpha value is -1.39. The van der Waals surface area contributed by atoms with Crippen LogP contribution in [0, 0.1) is 0 Å². The molecule has 0 aliphatic carbocycles. The monoisotopic (exact) mass is 240 g/mol. The van der Waals surface area contributed by atoms with E-state index in [9.17, 15) is 14.4 Å². The van der Waals surface area contributed by atoms with Crippen LogP contribution in [0.4, 0.5) is 0 Å². The zero-order chi connectivity index (χ0) is 12.8. The molecule has 5 heteroatoms. The van der Waals surface area contributed by atoms with Crippen molar-refractivity contribution in [3.8, 4) is 0 Å². The number of imide groups is 1. The van der Waals surface area contributed by atoms with E-state index in [-0.39, 0.29) is 17.7 Å². The van der Waals surface area contributed by atoms with Gasteiger partial charge < -0.3 is 4.90 Å². The molecular formula is C12H20N2O3. The molecule has 5 nitrogen and oxygen atoms in total. The fourth-order valence-corrected chi connectivity index (χ4v) is 2.01. The molecular weight excluding hydrogens is 220 g/mol. The fourth-order valence-electron chi connectivity index (χ4n) is 2.01. The smallest absolute Gasteiger partial charge is 0.229 e. The van der Waals surface area contributed by atoms with Crippen LogP contribution in [0.3, 0.4) is 0 Å². The molecule has 2 fully saturated rings. The van der Waals surface area contributed by atoms with Crippen molar-refractivity contribution in [2.75, 3.05) is 19.6 Å². The molecule has 2 aliphatic rings. The van der Waals surface area contributed by atoms with Crippen molar-refractivity contribution in [1.82, 2.24) is 9.80 Å². The summed E-state index contributed by atoms with van der Waals surface area (Å²) in [7, 11) is 0. The van der Waals surface area contributed by atoms with Gasteiger partial charge >= 0.3 is 0 Å². The summed E-state index contributed by atoms with van der Waals surface area (Å²) in [5.74, 6) is 0.0718. The highest BCUT2D eigenvalue weighted by Crippen LogP contribution is 2.08. The minimum absolute atomic E-state index is 0.0255. The molecule has 0 spiro atoms. The lowest BCUT2D eigenvalue weighted by Crippen LogP contribution is -2.29. The predicted octanol–water partition coefficient (Wildman–Crippen LogP) is 0.784. The Morgan fingerprint density at radius 2 is 1.53 bits per heavy atom. The maximum absolute atomic E-state index is 10.7. The molecule has 0 radical (unpaired) electrons. The summed E-state index contributed by atoms with van der Waals surface area (Å²) in [5, 5.41) is 0. The summed E-state index contributed by atoms with van der Waals surface area (Å²) in [6.45, 7) is 5.63. The second kappa shape index (κ2) is 6.37. The van der Waals surface area contributed by atoms with E-state index in [0.29, 0.717) is 13.0 Å². The van der Waals surface area contributed by atoms with E-state index in [1.54, 1.807) is 6.92 Å². The maximum atomic E-state index is 10.7. The molecule has 0 aromatic rings. The Morgan fingerprint density at radius 3 is 1.76 bits per heavy atom. The van der Waals surface area contributed by atoms with E-state index < -0.39 is 0 Å². The number of hydrogen-bond donors (Lipinski definition) is 0. The summed E-state index contributed by atoms with van der Waals surface area (Å²) in [5.41, 5.74) is 0. The third kappa shape index (κ3) is 4.17. The zero-order valence-electron chi connectivity index (χ0n) is 10.6. The summed E-state index contributed by atoms with van der Waals surface area (Å²) >= 11 is 0. The van der Waals surface area contributed by atoms with E-state index in [4.69, 9.17) is 0 Å². The highest BCUT2D eigenvalue weighted by molar-refractivity contribution is 5.95. The molecule has 0 bridgehead atoms. The van der Waals surface area contributed by atoms with Crippen LogP contribution in [0.15, 0.2) is 0 Å². The molecule has 2 heterocycles. The minimum atomic E-state index is -0.127. The van der Waals surface area contributed by atoms with Crippen molar-refractivity contribution in [1.29, 1.82) is 0 Å². The Balaban J connectivity index is 0.000000171. The lowest BCUT2D eigenvalue weighted by molar-refractivity contribution is -0.140. The van der Waals surface area contributed by atoms with Crippen LogP contribution in [0.2, 0.25) is 0 Å². The first-order valence-corrected chi connectivity index (χ1v) is 6.09. The Labute approximate surface area is 102 Å². The SMILES string of the molecule is CC(=O)N1CCCC1.CC(=O)N1CCCC1=O. The van der Waals surface area contributed by atoms with E-state index in [1.165, 1.54) is 24.7 Å². The number of likely N-dealkylation sites (tertiary alicyclic amines) is 2. The highest BCUT2D eigenvalue weighted by Gasteiger charge is 2.22. The summed E-state index contributed by atoms with van der Waals surface area (Å²) < 4.78 is 0. The van der Waals surface area contributed by atoms with Crippen LogP contribution in [-0.2, 0) is 14.4 Å². The molecule has 0 N–H and O–H groups in total. The largest absolute Gasteiger partial charge is 0.343 e. The standard InChI is InChI=1S/C6H9NO2.C6H11NO/c1-5(8)7-4-2-3-6(7)9;1-6(8)7-4-2-3-5-7/h2-4H2,1H3;2-5H2,1H3. The molecule has 2 aliphatic heterocycles. The van der Waals surface area contributed by atoms with Crippen molar-refractivity contribution in [3.63, 3.8) is 0 Å². The van der Waals surface area contributed by atoms with Gasteiger partial charge in [0.25, 0.3) is 0 Å². The first-order chi connectivity index (χ1) is 8.02. The average molecular weight is 240 g/mol. The number of carbonyl (C=O) groups is 3. The van der Waals surface area contributed by atoms with Crippen molar-refractivity contribution in [3.05, 3.63) is 0 Å². The molecule has 17 heavy (non-hydrogen) atoms. The van der Waals surface area contributed by atoms with Crippen LogP contribution in [-0.4, -0.2) is 47.2 Å². The lowest BCUT2D eigenvalue weighted by atomic mass is 10.4. The number of amides is 3. The third-order valence-corrected chi connectivity index (χ3v) is 3.00. The molecule has 2 rings (SSSR count). The quantitative estimate of drug-likeness (QED) is 0.629. The van der Waals surface area contributed by atoms with Crippen LogP contribution in [0.1, 0.15) is 39.5 Å². The minimum Gasteiger partial charge on any atom is -0.343 e. The van der Waals surface area contributed by atoms with Gasteiger partial charge in [-0.05, 0) is 19.3 Å². The number of carbonyl (C=O) groups excluding carboxylic acids is 3. The number of rotatable bonds is 0. The van der Waals surface area contributed by atoms with Gasteiger partial charge in [0.05, 0.1) is 0 Å². The Morgan fingerprint density at radius 1 is 0.941 bits per heavy atom. The van der Waals surface area contributed by atoms with E-state index in [0.717, 1.165) is 19.5 Å². The first kappa shape index (κ1) is 13.7. The summed E-state index contributed by atoms with van der Waals surface area (Å²) in [4.78, 5) is 35.0. The topological polar surface area (TPSA) is 57.7 Å². The fraction of sp³-hybridized carbons (Fsp3) is 0.750. The van der Waals surface area contributed by atoms with Gasteiger partial charge in [-0.3, -0.25) is 19.3 Å². The molecule has 2 saturated heterocycles. The molecule has 0 aromatic carbocycles. The Bertz CT molecular complexity index is 309. The summed E-state index contributed by atoms with van der Waals surface area (Å²) in [6.07, 6.45) is 3.76. The normalized spacial score (nSPS) is 19.1. The molecule has 96 valence electrons. The van der Waals surface area contributed by atoms with E-state index in [2.05, 4.69) is 0 Å². The van der Waals surface area contributed by atoms with Crippen molar-refractivity contribution in [2.24, 2.45) is 0 Å². The van der Waals surface area contributed by atoms with E-state index >= 15 is 0 Å². The Kier molecular flexibility index (Phi) is 5.12. The molecule has 0 aromatic heterocycles. The van der Waals surface area contributed by atoms with Crippen molar-refractivity contribution >= 4 is 17.7 Å². The second-order valence-electron chi connectivity index (χ2n) is 4.38. The predicted molar refractivity (Wildman–Crippen MR) is 63.1 cm³/mol. The van der Waals surface area contributed by atoms with Gasteiger partial charge in [0, 0.05) is 39.9 Å². The molecule has 0 atom stereocenters. The van der Waals surface area contributed by atoms with Crippen LogP contribution in [0.5, 0.6) is 0 Å². The van der Waals surface area contributed by atoms with Crippen LogP contribution in [0.25, 0.3) is 0 Å². The lowest BCUT2D eigenvalue weighted by Gasteiger charge is -2.10. The van der Waals surface area contributed by atoms with Gasteiger partial charge in [-0.25, -0.2) is 0 Å². The van der Waals surface area contributed by atoms with E-state index in [1.807, 2.05) is 4.90 Å². The van der Waals surface area contributed by atoms with Gasteiger partial charge in [-0.2, -0.15) is 0 Å². The van der Waals surface area contributed by atoms with Gasteiger partial charge in [0.15, 0.2) is 0 Å². The molecule has 0 unspecified atom stereocenters. The van der Waals surface area contributed by atoms with Crippen LogP contribution < -0.4 is 0 Å². The number of nitrogens with zero attached hydrogens (tertiary/aromatic N) is 2. The van der Waals surface area contributed by atoms with Gasteiger partial charge in [-0.15, -0.1) is 0 Å². The van der Waals surface area contributed by atoms with Crippen molar-refractivity contribution in [2.45, 2.75) is 39.5 Å². The third-order valence-electron chi connectivity index (χ3n) is 3.00.